The second-order valence-corrected chi connectivity index (χ2v) is 10.2. The van der Waals surface area contributed by atoms with Crippen LogP contribution in [0, 0.1) is 19.3 Å². The van der Waals surface area contributed by atoms with Gasteiger partial charge >= 0.3 is 12.4 Å². The summed E-state index contributed by atoms with van der Waals surface area (Å²) < 4.78 is 93.1. The first-order valence-corrected chi connectivity index (χ1v) is 11.6. The van der Waals surface area contributed by atoms with Crippen LogP contribution < -0.4 is 15.4 Å². The zero-order chi connectivity index (χ0) is 28.7. The summed E-state index contributed by atoms with van der Waals surface area (Å²) in [7, 11) is 1.23. The SMILES string of the molecule is COc1cccc(C(=O)NC(C2=C(Nc3ccc(C)c(C)c3)CC(C)(C)CC2=O)(C(F)(F)F)C(F)(F)F)c1. The second-order valence-electron chi connectivity index (χ2n) is 10.2. The summed E-state index contributed by atoms with van der Waals surface area (Å²) in [5.41, 5.74) is -6.75. The van der Waals surface area contributed by atoms with Crippen LogP contribution >= 0.6 is 0 Å². The number of benzene rings is 2. The third kappa shape index (κ3) is 5.51. The number of carbonyl (C=O) groups excluding carboxylic acids is 2. The van der Waals surface area contributed by atoms with Gasteiger partial charge in [0.25, 0.3) is 11.4 Å². The highest BCUT2D eigenvalue weighted by molar-refractivity contribution is 6.03. The maximum atomic E-state index is 14.7. The molecule has 1 aliphatic carbocycles. The van der Waals surface area contributed by atoms with Crippen LogP contribution in [0.1, 0.15) is 48.2 Å². The lowest BCUT2D eigenvalue weighted by Crippen LogP contribution is -2.70. The molecule has 38 heavy (non-hydrogen) atoms. The van der Waals surface area contributed by atoms with Crippen LogP contribution in [0.5, 0.6) is 5.75 Å². The Morgan fingerprint density at radius 3 is 2.11 bits per heavy atom. The lowest BCUT2D eigenvalue weighted by Gasteiger charge is -2.43. The minimum absolute atomic E-state index is 0.0501. The summed E-state index contributed by atoms with van der Waals surface area (Å²) in [5, 5.41) is 3.83. The number of aryl methyl sites for hydroxylation is 2. The monoisotopic (exact) mass is 542 g/mol. The van der Waals surface area contributed by atoms with E-state index in [1.807, 2.05) is 0 Å². The minimum Gasteiger partial charge on any atom is -0.497 e. The summed E-state index contributed by atoms with van der Waals surface area (Å²) in [4.78, 5) is 26.1. The van der Waals surface area contributed by atoms with Crippen LogP contribution in [0.3, 0.4) is 0 Å². The van der Waals surface area contributed by atoms with Crippen molar-refractivity contribution in [2.45, 2.75) is 58.4 Å². The molecule has 0 fully saturated rings. The number of ketones is 1. The molecule has 0 saturated carbocycles. The van der Waals surface area contributed by atoms with Gasteiger partial charge in [0.05, 0.1) is 12.7 Å². The molecule has 1 aliphatic rings. The number of Topliss-reactive ketones (excluding diaryl/α,β-unsaturated/α-hetero) is 1. The zero-order valence-corrected chi connectivity index (χ0v) is 21.4. The number of alkyl halides is 6. The van der Waals surface area contributed by atoms with Gasteiger partial charge in [0.15, 0.2) is 5.78 Å². The van der Waals surface area contributed by atoms with Gasteiger partial charge in [-0.1, -0.05) is 26.0 Å². The molecule has 0 saturated heterocycles. The fourth-order valence-corrected chi connectivity index (χ4v) is 4.51. The Morgan fingerprint density at radius 2 is 1.55 bits per heavy atom. The maximum absolute atomic E-state index is 14.7. The largest absolute Gasteiger partial charge is 0.497 e. The van der Waals surface area contributed by atoms with Crippen LogP contribution in [-0.4, -0.2) is 36.7 Å². The van der Waals surface area contributed by atoms with Crippen molar-refractivity contribution in [2.24, 2.45) is 5.41 Å². The van der Waals surface area contributed by atoms with Crippen molar-refractivity contribution in [1.82, 2.24) is 5.32 Å². The average Bonchev–Trinajstić information content (AvgIpc) is 2.78. The first-order chi connectivity index (χ1) is 17.4. The minimum atomic E-state index is -6.12. The third-order valence-electron chi connectivity index (χ3n) is 6.54. The first-order valence-electron chi connectivity index (χ1n) is 11.6. The van der Waals surface area contributed by atoms with E-state index in [4.69, 9.17) is 4.74 Å². The number of anilines is 1. The van der Waals surface area contributed by atoms with Gasteiger partial charge < -0.3 is 15.4 Å². The number of halogens is 6. The van der Waals surface area contributed by atoms with Crippen molar-refractivity contribution >= 4 is 17.4 Å². The van der Waals surface area contributed by atoms with Gasteiger partial charge in [-0.15, -0.1) is 0 Å². The molecule has 2 aromatic rings. The van der Waals surface area contributed by atoms with Gasteiger partial charge in [0, 0.05) is 23.4 Å². The molecule has 0 unspecified atom stereocenters. The van der Waals surface area contributed by atoms with Gasteiger partial charge in [-0.05, 0) is 67.1 Å². The van der Waals surface area contributed by atoms with Crippen molar-refractivity contribution in [1.29, 1.82) is 0 Å². The second kappa shape index (κ2) is 9.99. The molecular weight excluding hydrogens is 514 g/mol. The van der Waals surface area contributed by atoms with Gasteiger partial charge in [-0.3, -0.25) is 9.59 Å². The molecule has 0 spiro atoms. The summed E-state index contributed by atoms with van der Waals surface area (Å²) >= 11 is 0. The van der Waals surface area contributed by atoms with E-state index in [-0.39, 0.29) is 17.9 Å². The number of hydrogen-bond donors (Lipinski definition) is 2. The van der Waals surface area contributed by atoms with Crippen molar-refractivity contribution in [3.63, 3.8) is 0 Å². The van der Waals surface area contributed by atoms with E-state index in [2.05, 4.69) is 5.32 Å². The number of rotatable bonds is 6. The molecule has 0 bridgehead atoms. The molecule has 2 aromatic carbocycles. The Balaban J connectivity index is 2.30. The third-order valence-corrected chi connectivity index (χ3v) is 6.54. The molecule has 5 nitrogen and oxygen atoms in total. The van der Waals surface area contributed by atoms with Crippen molar-refractivity contribution in [3.8, 4) is 5.75 Å². The predicted octanol–water partition coefficient (Wildman–Crippen LogP) is 6.66. The van der Waals surface area contributed by atoms with Crippen molar-refractivity contribution < 1.29 is 40.7 Å². The highest BCUT2D eigenvalue weighted by Gasteiger charge is 2.76. The topological polar surface area (TPSA) is 67.4 Å². The highest BCUT2D eigenvalue weighted by atomic mass is 19.4. The molecule has 206 valence electrons. The van der Waals surface area contributed by atoms with Crippen LogP contribution in [-0.2, 0) is 4.79 Å². The van der Waals surface area contributed by atoms with E-state index in [9.17, 15) is 35.9 Å². The fraction of sp³-hybridized carbons (Fsp3) is 0.407. The molecule has 0 aromatic heterocycles. The summed E-state index contributed by atoms with van der Waals surface area (Å²) in [6, 6.07) is 9.37. The molecule has 3 rings (SSSR count). The van der Waals surface area contributed by atoms with Crippen molar-refractivity contribution in [3.05, 3.63) is 70.4 Å². The number of carbonyl (C=O) groups is 2. The van der Waals surface area contributed by atoms with E-state index in [1.54, 1.807) is 39.8 Å². The van der Waals surface area contributed by atoms with Crippen LogP contribution in [0.15, 0.2) is 53.7 Å². The molecule has 0 heterocycles. The molecule has 0 aliphatic heterocycles. The fourth-order valence-electron chi connectivity index (χ4n) is 4.51. The Morgan fingerprint density at radius 1 is 0.921 bits per heavy atom. The number of hydrogen-bond acceptors (Lipinski definition) is 4. The van der Waals surface area contributed by atoms with E-state index < -0.39 is 58.3 Å². The highest BCUT2D eigenvalue weighted by Crippen LogP contribution is 2.52. The molecule has 1 amide bonds. The number of ether oxygens (including phenoxy) is 1. The van der Waals surface area contributed by atoms with Gasteiger partial charge in [0.1, 0.15) is 5.75 Å². The van der Waals surface area contributed by atoms with Crippen LogP contribution in [0.4, 0.5) is 32.0 Å². The quantitative estimate of drug-likeness (QED) is 0.401. The van der Waals surface area contributed by atoms with E-state index >= 15 is 0 Å². The van der Waals surface area contributed by atoms with Gasteiger partial charge in [-0.2, -0.15) is 26.3 Å². The molecule has 0 radical (unpaired) electrons. The van der Waals surface area contributed by atoms with E-state index in [1.165, 1.54) is 30.6 Å². The predicted molar refractivity (Wildman–Crippen MR) is 130 cm³/mol. The zero-order valence-electron chi connectivity index (χ0n) is 21.4. The number of nitrogens with one attached hydrogen (secondary N) is 2. The lowest BCUT2D eigenvalue weighted by molar-refractivity contribution is -0.290. The number of amides is 1. The molecule has 0 atom stereocenters. The Hall–Kier alpha value is -3.50. The first kappa shape index (κ1) is 29.1. The lowest BCUT2D eigenvalue weighted by atomic mass is 9.70. The van der Waals surface area contributed by atoms with E-state index in [0.717, 1.165) is 23.3 Å². The van der Waals surface area contributed by atoms with Crippen LogP contribution in [0.2, 0.25) is 0 Å². The van der Waals surface area contributed by atoms with Gasteiger partial charge in [-0.25, -0.2) is 0 Å². The van der Waals surface area contributed by atoms with Gasteiger partial charge in [0.2, 0.25) is 0 Å². The maximum Gasteiger partial charge on any atom is 0.425 e. The van der Waals surface area contributed by atoms with Crippen molar-refractivity contribution in [2.75, 3.05) is 12.4 Å². The molecular formula is C27H28F6N2O3. The molecule has 2 N–H and O–H groups in total. The average molecular weight is 543 g/mol. The standard InChI is InChI=1S/C27H28F6N2O3/c1-15-9-10-18(11-16(15)2)34-20-13-24(3,4)14-21(36)22(20)25(26(28,29)30,27(31,32)33)35-23(37)17-7-6-8-19(12-17)38-5/h6-12,34H,13-14H2,1-5H3,(H,35,37). The molecule has 11 heteroatoms. The number of methoxy groups -OCH3 is 1. The normalized spacial score (nSPS) is 16.3. The Kier molecular flexibility index (Phi) is 7.64. The Bertz CT molecular complexity index is 1260. The smallest absolute Gasteiger partial charge is 0.425 e. The summed E-state index contributed by atoms with van der Waals surface area (Å²) in [6.07, 6.45) is -13.1. The summed E-state index contributed by atoms with van der Waals surface area (Å²) in [6.45, 7) is 6.67. The number of allylic oxidation sites excluding steroid dienone is 1. The van der Waals surface area contributed by atoms with E-state index in [0.29, 0.717) is 0 Å². The Labute approximate surface area is 216 Å². The summed E-state index contributed by atoms with van der Waals surface area (Å²) in [5.74, 6) is -2.99. The van der Waals surface area contributed by atoms with Crippen LogP contribution in [0.25, 0.3) is 0 Å².